The number of nitrogens with one attached hydrogen (secondary N) is 2. The molecule has 4 aliphatic rings. The molecular formula is C29H31N3O3S. The number of hydrogen-bond donors (Lipinski definition) is 2. The highest BCUT2D eigenvalue weighted by Crippen LogP contribution is 2.61. The lowest BCUT2D eigenvalue weighted by Gasteiger charge is -2.57. The Balaban J connectivity index is 1.29. The van der Waals surface area contributed by atoms with Crippen LogP contribution >= 0.6 is 12.2 Å². The number of pyridine rings is 1. The van der Waals surface area contributed by atoms with E-state index in [2.05, 4.69) is 23.0 Å². The van der Waals surface area contributed by atoms with E-state index in [0.29, 0.717) is 27.7 Å². The largest absolute Gasteiger partial charge is 0.497 e. The Hall–Kier alpha value is -3.19. The van der Waals surface area contributed by atoms with Crippen LogP contribution in [-0.2, 0) is 5.41 Å². The number of hydrazine groups is 1. The van der Waals surface area contributed by atoms with Crippen molar-refractivity contribution in [3.63, 3.8) is 0 Å². The number of fused-ring (bicyclic) bond motifs is 1. The monoisotopic (exact) mass is 501 g/mol. The van der Waals surface area contributed by atoms with Gasteiger partial charge in [-0.2, -0.15) is 0 Å². The average Bonchev–Trinajstić information content (AvgIpc) is 2.89. The highest BCUT2D eigenvalue weighted by atomic mass is 32.1. The van der Waals surface area contributed by atoms with Crippen molar-refractivity contribution in [2.24, 2.45) is 17.8 Å². The van der Waals surface area contributed by atoms with Gasteiger partial charge in [-0.3, -0.25) is 15.6 Å². The van der Waals surface area contributed by atoms with Crippen LogP contribution in [0.2, 0.25) is 0 Å². The summed E-state index contributed by atoms with van der Waals surface area (Å²) in [6.45, 7) is 0. The smallest absolute Gasteiger partial charge is 0.288 e. The highest BCUT2D eigenvalue weighted by molar-refractivity contribution is 7.80. The van der Waals surface area contributed by atoms with E-state index in [1.165, 1.54) is 49.5 Å². The Morgan fingerprint density at radius 1 is 0.944 bits per heavy atom. The van der Waals surface area contributed by atoms with E-state index in [-0.39, 0.29) is 11.3 Å². The first-order chi connectivity index (χ1) is 17.5. The van der Waals surface area contributed by atoms with Crippen LogP contribution in [0, 0.1) is 17.8 Å². The molecule has 4 fully saturated rings. The third-order valence-corrected chi connectivity index (χ3v) is 8.82. The van der Waals surface area contributed by atoms with Crippen molar-refractivity contribution in [2.75, 3.05) is 14.2 Å². The van der Waals surface area contributed by atoms with Gasteiger partial charge in [0.05, 0.1) is 25.3 Å². The van der Waals surface area contributed by atoms with Gasteiger partial charge in [0.2, 0.25) is 0 Å². The first-order valence-corrected chi connectivity index (χ1v) is 13.1. The predicted molar refractivity (Wildman–Crippen MR) is 143 cm³/mol. The number of rotatable bonds is 5. The molecule has 0 aliphatic heterocycles. The first kappa shape index (κ1) is 23.2. The molecule has 0 atom stereocenters. The van der Waals surface area contributed by atoms with E-state index in [1.54, 1.807) is 32.4 Å². The SMILES string of the molecule is COc1ccc(OC)c(C(=S)NNC(=O)c2cc(C34CC5CC(CC(C5)C3)C4)c3ccccc3n2)c1. The summed E-state index contributed by atoms with van der Waals surface area (Å²) >= 11 is 5.55. The molecule has 4 bridgehead atoms. The number of para-hydroxylation sites is 1. The lowest BCUT2D eigenvalue weighted by molar-refractivity contribution is -0.00454. The van der Waals surface area contributed by atoms with Gasteiger partial charge in [0.25, 0.3) is 5.91 Å². The number of carbonyl (C=O) groups is 1. The quantitative estimate of drug-likeness (QED) is 0.364. The van der Waals surface area contributed by atoms with E-state index in [9.17, 15) is 4.79 Å². The summed E-state index contributed by atoms with van der Waals surface area (Å²) < 4.78 is 10.7. The van der Waals surface area contributed by atoms with Crippen LogP contribution in [0.5, 0.6) is 11.5 Å². The van der Waals surface area contributed by atoms with Crippen molar-refractivity contribution < 1.29 is 14.3 Å². The summed E-state index contributed by atoms with van der Waals surface area (Å²) in [4.78, 5) is 18.4. The first-order valence-electron chi connectivity index (χ1n) is 12.7. The molecule has 1 aromatic heterocycles. The lowest BCUT2D eigenvalue weighted by Crippen LogP contribution is -2.48. The number of methoxy groups -OCH3 is 2. The van der Waals surface area contributed by atoms with Crippen molar-refractivity contribution in [3.8, 4) is 11.5 Å². The van der Waals surface area contributed by atoms with Gasteiger partial charge in [-0.25, -0.2) is 4.98 Å². The van der Waals surface area contributed by atoms with Gasteiger partial charge in [0.1, 0.15) is 22.2 Å². The molecule has 7 rings (SSSR count). The standard InChI is InChI=1S/C29H31N3O3S/c1-34-20-7-8-26(35-2)22(12-20)28(36)32-31-27(33)25-13-23(21-5-3-4-6-24(21)30-25)29-14-17-9-18(15-29)11-19(10-17)16-29/h3-8,12-13,17-19H,9-11,14-16H2,1-2H3,(H,31,33)(H,32,36). The maximum atomic E-state index is 13.3. The van der Waals surface area contributed by atoms with Gasteiger partial charge in [0, 0.05) is 5.39 Å². The molecule has 0 saturated heterocycles. The molecule has 36 heavy (non-hydrogen) atoms. The summed E-state index contributed by atoms with van der Waals surface area (Å²) in [5.74, 6) is 3.39. The van der Waals surface area contributed by atoms with E-state index in [0.717, 1.165) is 23.3 Å². The topological polar surface area (TPSA) is 72.5 Å². The maximum absolute atomic E-state index is 13.3. The lowest BCUT2D eigenvalue weighted by atomic mass is 9.48. The Kier molecular flexibility index (Phi) is 5.83. The second-order valence-corrected chi connectivity index (χ2v) is 11.2. The molecule has 4 aliphatic carbocycles. The van der Waals surface area contributed by atoms with E-state index in [1.807, 2.05) is 18.2 Å². The van der Waals surface area contributed by atoms with Crippen molar-refractivity contribution >= 4 is 34.0 Å². The van der Waals surface area contributed by atoms with E-state index >= 15 is 0 Å². The Morgan fingerprint density at radius 3 is 2.31 bits per heavy atom. The maximum Gasteiger partial charge on any atom is 0.288 e. The van der Waals surface area contributed by atoms with Crippen LogP contribution in [-0.4, -0.2) is 30.1 Å². The molecule has 186 valence electrons. The molecule has 3 aromatic rings. The van der Waals surface area contributed by atoms with Crippen LogP contribution in [0.4, 0.5) is 0 Å². The van der Waals surface area contributed by atoms with Gasteiger partial charge in [-0.1, -0.05) is 30.4 Å². The van der Waals surface area contributed by atoms with Crippen LogP contribution in [0.3, 0.4) is 0 Å². The molecule has 2 aromatic carbocycles. The van der Waals surface area contributed by atoms with Crippen molar-refractivity contribution in [1.29, 1.82) is 0 Å². The number of hydrogen-bond acceptors (Lipinski definition) is 5. The third kappa shape index (κ3) is 3.99. The van der Waals surface area contributed by atoms with Gasteiger partial charge >= 0.3 is 0 Å². The molecule has 4 saturated carbocycles. The summed E-state index contributed by atoms with van der Waals surface area (Å²) in [5, 5.41) is 1.18. The summed E-state index contributed by atoms with van der Waals surface area (Å²) in [5.41, 5.74) is 9.01. The molecule has 7 heteroatoms. The highest BCUT2D eigenvalue weighted by Gasteiger charge is 2.52. The van der Waals surface area contributed by atoms with Crippen LogP contribution < -0.4 is 20.3 Å². The minimum Gasteiger partial charge on any atom is -0.497 e. The molecule has 2 N–H and O–H groups in total. The minimum absolute atomic E-state index is 0.156. The second kappa shape index (κ2) is 9.04. The normalized spacial score (nSPS) is 26.0. The van der Waals surface area contributed by atoms with Gasteiger partial charge in [0.15, 0.2) is 0 Å². The van der Waals surface area contributed by atoms with Crippen LogP contribution in [0.25, 0.3) is 10.9 Å². The second-order valence-electron chi connectivity index (χ2n) is 10.7. The molecule has 0 unspecified atom stereocenters. The van der Waals surface area contributed by atoms with Crippen molar-refractivity contribution in [2.45, 2.75) is 43.9 Å². The predicted octanol–water partition coefficient (Wildman–Crippen LogP) is 5.33. The Morgan fingerprint density at radius 2 is 1.64 bits per heavy atom. The van der Waals surface area contributed by atoms with Gasteiger partial charge < -0.3 is 9.47 Å². The summed E-state index contributed by atoms with van der Waals surface area (Å²) in [6, 6.07) is 15.6. The van der Waals surface area contributed by atoms with Gasteiger partial charge in [-0.05, 0) is 97.6 Å². The fraction of sp³-hybridized carbons (Fsp3) is 0.414. The summed E-state index contributed by atoms with van der Waals surface area (Å²) in [7, 11) is 3.17. The number of thiocarbonyl (C=S) groups is 1. The molecule has 0 spiro atoms. The average molecular weight is 502 g/mol. The minimum atomic E-state index is -0.309. The fourth-order valence-corrected chi connectivity index (χ4v) is 7.62. The molecule has 1 heterocycles. The zero-order valence-corrected chi connectivity index (χ0v) is 21.5. The molecule has 6 nitrogen and oxygen atoms in total. The molecule has 1 amide bonds. The Labute approximate surface area is 216 Å². The number of aromatic nitrogens is 1. The fourth-order valence-electron chi connectivity index (χ4n) is 7.41. The Bertz CT molecular complexity index is 1320. The third-order valence-electron chi connectivity index (χ3n) is 8.50. The molecule has 0 radical (unpaired) electrons. The van der Waals surface area contributed by atoms with Crippen molar-refractivity contribution in [3.05, 3.63) is 65.4 Å². The van der Waals surface area contributed by atoms with Crippen LogP contribution in [0.1, 0.15) is 60.1 Å². The number of carbonyl (C=O) groups excluding carboxylic acids is 1. The van der Waals surface area contributed by atoms with Crippen LogP contribution in [0.15, 0.2) is 48.5 Å². The number of amides is 1. The zero-order valence-electron chi connectivity index (χ0n) is 20.7. The van der Waals surface area contributed by atoms with E-state index < -0.39 is 0 Å². The van der Waals surface area contributed by atoms with Crippen molar-refractivity contribution in [1.82, 2.24) is 15.8 Å². The summed E-state index contributed by atoms with van der Waals surface area (Å²) in [6.07, 6.45) is 7.82. The number of ether oxygens (including phenoxy) is 2. The molecular weight excluding hydrogens is 470 g/mol. The van der Waals surface area contributed by atoms with Gasteiger partial charge in [-0.15, -0.1) is 0 Å². The van der Waals surface area contributed by atoms with E-state index in [4.69, 9.17) is 26.7 Å². The number of nitrogens with zero attached hydrogens (tertiary/aromatic N) is 1. The number of benzene rings is 2. The zero-order chi connectivity index (χ0) is 24.9.